The first-order valence-corrected chi connectivity index (χ1v) is 10.9. The molecule has 1 saturated heterocycles. The van der Waals surface area contributed by atoms with Gasteiger partial charge in [-0.2, -0.15) is 0 Å². The molecule has 1 aliphatic heterocycles. The van der Waals surface area contributed by atoms with Crippen LogP contribution in [-0.4, -0.2) is 53.7 Å². The average molecular weight is 437 g/mol. The van der Waals surface area contributed by atoms with Gasteiger partial charge in [0.05, 0.1) is 5.41 Å². The van der Waals surface area contributed by atoms with E-state index in [1.165, 1.54) is 4.90 Å². The molecule has 168 valence electrons. The van der Waals surface area contributed by atoms with Crippen LogP contribution in [0.15, 0.2) is 48.5 Å². The molecule has 3 atom stereocenters. The van der Waals surface area contributed by atoms with E-state index in [4.69, 9.17) is 4.74 Å². The van der Waals surface area contributed by atoms with E-state index < -0.39 is 23.5 Å². The number of nitrogens with one attached hydrogen (secondary N) is 1. The van der Waals surface area contributed by atoms with Crippen LogP contribution in [0, 0.1) is 11.3 Å². The molecule has 0 spiro atoms. The maximum absolute atomic E-state index is 12.8. The van der Waals surface area contributed by atoms with Crippen molar-refractivity contribution in [3.05, 3.63) is 59.7 Å². The summed E-state index contributed by atoms with van der Waals surface area (Å²) < 4.78 is 5.51. The first-order valence-electron chi connectivity index (χ1n) is 10.9. The Kier molecular flexibility index (Phi) is 5.67. The molecule has 1 aliphatic carbocycles. The van der Waals surface area contributed by atoms with E-state index in [-0.39, 0.29) is 30.9 Å². The molecule has 2 aliphatic rings. The summed E-state index contributed by atoms with van der Waals surface area (Å²) in [5.74, 6) is -1.46. The maximum Gasteiger partial charge on any atom is 0.407 e. The van der Waals surface area contributed by atoms with Crippen molar-refractivity contribution >= 4 is 18.0 Å². The zero-order chi connectivity index (χ0) is 23.0. The van der Waals surface area contributed by atoms with Gasteiger partial charge in [0.25, 0.3) is 0 Å². The number of carboxylic acids is 1. The van der Waals surface area contributed by atoms with Gasteiger partial charge in [-0.15, -0.1) is 0 Å². The van der Waals surface area contributed by atoms with E-state index in [1.54, 1.807) is 13.8 Å². The Hall–Kier alpha value is -3.35. The Morgan fingerprint density at radius 2 is 1.69 bits per heavy atom. The molecule has 32 heavy (non-hydrogen) atoms. The van der Waals surface area contributed by atoms with Crippen molar-refractivity contribution in [3.8, 4) is 11.1 Å². The number of benzene rings is 2. The summed E-state index contributed by atoms with van der Waals surface area (Å²) in [6.45, 7) is 5.70. The zero-order valence-corrected chi connectivity index (χ0v) is 18.5. The smallest absolute Gasteiger partial charge is 0.407 e. The van der Waals surface area contributed by atoms with Crippen molar-refractivity contribution in [2.45, 2.75) is 32.7 Å². The van der Waals surface area contributed by atoms with E-state index in [9.17, 15) is 19.5 Å². The van der Waals surface area contributed by atoms with Crippen LogP contribution in [0.25, 0.3) is 11.1 Å². The molecular weight excluding hydrogens is 408 g/mol. The number of hydrogen-bond donors (Lipinski definition) is 2. The third kappa shape index (κ3) is 3.72. The molecule has 7 heteroatoms. The molecule has 1 heterocycles. The van der Waals surface area contributed by atoms with E-state index in [1.807, 2.05) is 43.3 Å². The van der Waals surface area contributed by atoms with Crippen LogP contribution in [-0.2, 0) is 14.3 Å². The standard InChI is InChI=1S/C25H28N2O5/c1-15-12-27(14-25(15,3)23(29)30)22(28)16(2)26-24(31)32-13-21-19-10-6-4-8-17(19)18-9-5-7-11-20(18)21/h4-11,15-16,21H,12-14H2,1-3H3,(H,26,31)(H,29,30)/t15-,16+,25-/m1/s1. The van der Waals surface area contributed by atoms with E-state index >= 15 is 0 Å². The molecule has 0 radical (unpaired) electrons. The molecule has 0 saturated carbocycles. The minimum Gasteiger partial charge on any atom is -0.481 e. The second-order valence-corrected chi connectivity index (χ2v) is 9.03. The Bertz CT molecular complexity index is 1020. The molecule has 0 bridgehead atoms. The summed E-state index contributed by atoms with van der Waals surface area (Å²) in [4.78, 5) is 38.4. The minimum atomic E-state index is -0.987. The fraction of sp³-hybridized carbons (Fsp3) is 0.400. The molecular formula is C25H28N2O5. The van der Waals surface area contributed by atoms with Gasteiger partial charge in [0.1, 0.15) is 12.6 Å². The molecule has 2 amide bonds. The van der Waals surface area contributed by atoms with E-state index in [0.717, 1.165) is 22.3 Å². The predicted molar refractivity (Wildman–Crippen MR) is 119 cm³/mol. The fourth-order valence-corrected chi connectivity index (χ4v) is 4.75. The predicted octanol–water partition coefficient (Wildman–Crippen LogP) is 3.48. The van der Waals surface area contributed by atoms with E-state index in [0.29, 0.717) is 6.54 Å². The SMILES string of the molecule is C[C@H](NC(=O)OCC1c2ccccc2-c2ccccc21)C(=O)N1C[C@@H](C)[C@](C)(C(=O)O)C1. The summed E-state index contributed by atoms with van der Waals surface area (Å²) in [6.07, 6.45) is -0.666. The van der Waals surface area contributed by atoms with Crippen LogP contribution in [0.3, 0.4) is 0 Å². The number of aliphatic carboxylic acids is 1. The Balaban J connectivity index is 1.37. The monoisotopic (exact) mass is 436 g/mol. The van der Waals surface area contributed by atoms with E-state index in [2.05, 4.69) is 17.4 Å². The number of likely N-dealkylation sites (tertiary alicyclic amines) is 1. The summed E-state index contributed by atoms with van der Waals surface area (Å²) in [5, 5.41) is 12.1. The van der Waals surface area contributed by atoms with Crippen molar-refractivity contribution in [1.82, 2.24) is 10.2 Å². The van der Waals surface area contributed by atoms with Gasteiger partial charge in [0.2, 0.25) is 5.91 Å². The lowest BCUT2D eigenvalue weighted by molar-refractivity contribution is -0.149. The number of carbonyl (C=O) groups is 3. The van der Waals surface area contributed by atoms with Gasteiger partial charge in [-0.1, -0.05) is 55.5 Å². The van der Waals surface area contributed by atoms with Gasteiger partial charge < -0.3 is 20.1 Å². The Labute approximate surface area is 187 Å². The highest BCUT2D eigenvalue weighted by molar-refractivity contribution is 5.87. The third-order valence-electron chi connectivity index (χ3n) is 6.95. The van der Waals surface area contributed by atoms with Crippen LogP contribution in [0.2, 0.25) is 0 Å². The number of carboxylic acid groups (broad SMARTS) is 1. The summed E-state index contributed by atoms with van der Waals surface area (Å²) >= 11 is 0. The summed E-state index contributed by atoms with van der Waals surface area (Å²) in [5.41, 5.74) is 3.53. The van der Waals surface area contributed by atoms with Gasteiger partial charge in [-0.25, -0.2) is 4.79 Å². The van der Waals surface area contributed by atoms with Crippen LogP contribution in [0.4, 0.5) is 4.79 Å². The number of amides is 2. The number of fused-ring (bicyclic) bond motifs is 3. The average Bonchev–Trinajstić information content (AvgIpc) is 3.27. The molecule has 4 rings (SSSR count). The first kappa shape index (κ1) is 21.9. The number of ether oxygens (including phenoxy) is 1. The highest BCUT2D eigenvalue weighted by Crippen LogP contribution is 2.44. The second kappa shape index (κ2) is 8.30. The molecule has 1 fully saturated rings. The highest BCUT2D eigenvalue weighted by atomic mass is 16.5. The largest absolute Gasteiger partial charge is 0.481 e. The maximum atomic E-state index is 12.8. The fourth-order valence-electron chi connectivity index (χ4n) is 4.75. The molecule has 2 N–H and O–H groups in total. The van der Waals surface area contributed by atoms with Gasteiger partial charge in [0, 0.05) is 19.0 Å². The first-order chi connectivity index (χ1) is 15.2. The van der Waals surface area contributed by atoms with Gasteiger partial charge in [0.15, 0.2) is 0 Å². The van der Waals surface area contributed by atoms with Crippen LogP contribution < -0.4 is 5.32 Å². The molecule has 7 nitrogen and oxygen atoms in total. The number of hydrogen-bond acceptors (Lipinski definition) is 4. The van der Waals surface area contributed by atoms with Crippen LogP contribution in [0.1, 0.15) is 37.8 Å². The van der Waals surface area contributed by atoms with Crippen LogP contribution >= 0.6 is 0 Å². The van der Waals surface area contributed by atoms with Crippen LogP contribution in [0.5, 0.6) is 0 Å². The van der Waals surface area contributed by atoms with Crippen molar-refractivity contribution in [2.24, 2.45) is 11.3 Å². The highest BCUT2D eigenvalue weighted by Gasteiger charge is 2.48. The normalized spacial score (nSPS) is 22.7. The van der Waals surface area contributed by atoms with Gasteiger partial charge >= 0.3 is 12.1 Å². The second-order valence-electron chi connectivity index (χ2n) is 9.03. The lowest BCUT2D eigenvalue weighted by atomic mass is 9.81. The lowest BCUT2D eigenvalue weighted by Crippen LogP contribution is -2.47. The molecule has 2 aromatic rings. The zero-order valence-electron chi connectivity index (χ0n) is 18.5. The number of carbonyl (C=O) groups excluding carboxylic acids is 2. The number of alkyl carbamates (subject to hydrolysis) is 1. The van der Waals surface area contributed by atoms with Gasteiger partial charge in [-0.05, 0) is 42.0 Å². The molecule has 0 unspecified atom stereocenters. The van der Waals surface area contributed by atoms with Gasteiger partial charge in [-0.3, -0.25) is 9.59 Å². The Morgan fingerprint density at radius 3 is 2.22 bits per heavy atom. The minimum absolute atomic E-state index is 0.0603. The summed E-state index contributed by atoms with van der Waals surface area (Å²) in [7, 11) is 0. The van der Waals surface area contributed by atoms with Crippen molar-refractivity contribution in [2.75, 3.05) is 19.7 Å². The lowest BCUT2D eigenvalue weighted by Gasteiger charge is -2.24. The number of rotatable bonds is 5. The van der Waals surface area contributed by atoms with Crippen molar-refractivity contribution in [1.29, 1.82) is 0 Å². The topological polar surface area (TPSA) is 95.9 Å². The quantitative estimate of drug-likeness (QED) is 0.748. The van der Waals surface area contributed by atoms with Crippen molar-refractivity contribution in [3.63, 3.8) is 0 Å². The molecule has 2 aromatic carbocycles. The molecule has 0 aromatic heterocycles. The third-order valence-corrected chi connectivity index (χ3v) is 6.95. The number of nitrogens with zero attached hydrogens (tertiary/aromatic N) is 1. The Morgan fingerprint density at radius 1 is 1.12 bits per heavy atom. The van der Waals surface area contributed by atoms with Crippen molar-refractivity contribution < 1.29 is 24.2 Å². The summed E-state index contributed by atoms with van der Waals surface area (Å²) in [6, 6.07) is 15.3.